The molecule has 0 saturated heterocycles. The summed E-state index contributed by atoms with van der Waals surface area (Å²) in [6, 6.07) is 9.48. The van der Waals surface area contributed by atoms with Gasteiger partial charge in [-0.15, -0.1) is 0 Å². The lowest BCUT2D eigenvalue weighted by Crippen LogP contribution is -2.35. The maximum atomic E-state index is 13.9. The van der Waals surface area contributed by atoms with E-state index < -0.39 is 5.91 Å². The van der Waals surface area contributed by atoms with Crippen LogP contribution in [0.1, 0.15) is 24.5 Å². The summed E-state index contributed by atoms with van der Waals surface area (Å²) in [7, 11) is 1.45. The molecule has 1 N–H and O–H groups in total. The molecule has 0 saturated carbocycles. The Kier molecular flexibility index (Phi) is 6.29. The first kappa shape index (κ1) is 22.0. The van der Waals surface area contributed by atoms with Crippen LogP contribution in [0.2, 0.25) is 5.02 Å². The minimum atomic E-state index is -0.531. The maximum Gasteiger partial charge on any atom is 0.283 e. The average molecular weight is 473 g/mol. The topological polar surface area (TPSA) is 87.3 Å². The third-order valence-electron chi connectivity index (χ3n) is 4.69. The van der Waals surface area contributed by atoms with Crippen molar-refractivity contribution in [2.75, 3.05) is 7.11 Å². The number of rotatable bonds is 6. The van der Waals surface area contributed by atoms with Crippen molar-refractivity contribution in [3.8, 4) is 11.5 Å². The molecule has 0 unspecified atom stereocenters. The number of aliphatic imine (C=N–C) groups is 1. The van der Waals surface area contributed by atoms with E-state index in [1.54, 1.807) is 30.3 Å². The van der Waals surface area contributed by atoms with Gasteiger partial charge in [0.25, 0.3) is 5.91 Å². The molecule has 0 spiro atoms. The zero-order valence-electron chi connectivity index (χ0n) is 17.2. The fourth-order valence-electron chi connectivity index (χ4n) is 3.07. The summed E-state index contributed by atoms with van der Waals surface area (Å²) in [6.45, 7) is 1.91. The molecule has 164 valence electrons. The number of halogens is 2. The largest absolute Gasteiger partial charge is 0.493 e. The highest BCUT2D eigenvalue weighted by atomic mass is 35.5. The fourth-order valence-corrected chi connectivity index (χ4v) is 4.17. The van der Waals surface area contributed by atoms with Crippen LogP contribution in [0.3, 0.4) is 0 Å². The van der Waals surface area contributed by atoms with Gasteiger partial charge in [0.05, 0.1) is 17.7 Å². The third-order valence-corrected chi connectivity index (χ3v) is 6.02. The second-order valence-electron chi connectivity index (χ2n) is 6.78. The molecule has 2 aromatic rings. The predicted octanol–water partition coefficient (Wildman–Crippen LogP) is 5.10. The zero-order chi connectivity index (χ0) is 22.8. The first-order chi connectivity index (χ1) is 15.4. The molecule has 7 nitrogen and oxygen atoms in total. The van der Waals surface area contributed by atoms with Crippen molar-refractivity contribution >= 4 is 51.4 Å². The quantitative estimate of drug-likeness (QED) is 0.591. The van der Waals surface area contributed by atoms with Crippen molar-refractivity contribution < 1.29 is 18.7 Å². The van der Waals surface area contributed by atoms with Gasteiger partial charge in [0.1, 0.15) is 17.5 Å². The van der Waals surface area contributed by atoms with Crippen LogP contribution in [-0.4, -0.2) is 34.1 Å². The molecule has 0 aliphatic carbocycles. The van der Waals surface area contributed by atoms with Crippen LogP contribution in [0.25, 0.3) is 6.08 Å². The molecular formula is C22H18ClFN4O3S. The van der Waals surface area contributed by atoms with Crippen LogP contribution < -0.4 is 9.47 Å². The number of carbonyl (C=O) groups excluding carboxylic acids is 1. The number of nitrogens with zero attached hydrogens (tertiary/aromatic N) is 3. The average Bonchev–Trinajstić information content (AvgIpc) is 3.20. The van der Waals surface area contributed by atoms with Crippen molar-refractivity contribution in [1.82, 2.24) is 5.01 Å². The number of amidine groups is 2. The van der Waals surface area contributed by atoms with Gasteiger partial charge in [-0.2, -0.15) is 15.1 Å². The minimum absolute atomic E-state index is 0.0335. The van der Waals surface area contributed by atoms with E-state index >= 15 is 0 Å². The predicted molar refractivity (Wildman–Crippen MR) is 124 cm³/mol. The number of hydrazone groups is 1. The van der Waals surface area contributed by atoms with Gasteiger partial charge in [-0.25, -0.2) is 4.39 Å². The Morgan fingerprint density at radius 2 is 2.09 bits per heavy atom. The highest BCUT2D eigenvalue weighted by molar-refractivity contribution is 8.26. The molecule has 0 radical (unpaired) electrons. The zero-order valence-corrected chi connectivity index (χ0v) is 18.8. The Morgan fingerprint density at radius 3 is 2.81 bits per heavy atom. The highest BCUT2D eigenvalue weighted by Gasteiger charge is 2.35. The smallest absolute Gasteiger partial charge is 0.283 e. The van der Waals surface area contributed by atoms with Crippen molar-refractivity contribution in [3.63, 3.8) is 0 Å². The molecular weight excluding hydrogens is 455 g/mol. The van der Waals surface area contributed by atoms with Crippen LogP contribution in [0, 0.1) is 11.2 Å². The van der Waals surface area contributed by atoms with E-state index in [0.717, 1.165) is 5.04 Å². The number of ether oxygens (including phenoxy) is 2. The number of thioether (sulfide) groups is 1. The van der Waals surface area contributed by atoms with Crippen LogP contribution in [0.4, 0.5) is 4.39 Å². The van der Waals surface area contributed by atoms with Crippen LogP contribution in [0.15, 0.2) is 52.1 Å². The second-order valence-corrected chi connectivity index (χ2v) is 8.23. The Labute approximate surface area is 193 Å². The van der Waals surface area contributed by atoms with E-state index in [0.29, 0.717) is 28.5 Å². The number of nitrogens with one attached hydrogen (secondary N) is 1. The summed E-state index contributed by atoms with van der Waals surface area (Å²) < 4.78 is 25.0. The molecule has 0 aromatic heterocycles. The van der Waals surface area contributed by atoms with Crippen LogP contribution >= 0.6 is 23.4 Å². The summed E-state index contributed by atoms with van der Waals surface area (Å²) >= 11 is 7.69. The maximum absolute atomic E-state index is 13.9. The first-order valence-electron chi connectivity index (χ1n) is 9.64. The summed E-state index contributed by atoms with van der Waals surface area (Å²) in [5, 5.41) is 15.5. The Hall–Kier alpha value is -3.17. The minimum Gasteiger partial charge on any atom is -0.493 e. The number of hydrogen-bond donors (Lipinski definition) is 1. The number of hydrogen-bond acceptors (Lipinski definition) is 6. The van der Waals surface area contributed by atoms with E-state index in [2.05, 4.69) is 10.1 Å². The monoisotopic (exact) mass is 472 g/mol. The number of carbonyl (C=O) groups is 1. The SMILES string of the molecule is CCC1=NN2C(=N)C(=Cc3cc(Cl)c(OCc4ccccc4F)c(OC)c3)C(=O)N=C2S1. The molecule has 2 aromatic carbocycles. The molecule has 32 heavy (non-hydrogen) atoms. The summed E-state index contributed by atoms with van der Waals surface area (Å²) in [6.07, 6.45) is 2.19. The standard InChI is InChI=1S/C22H18ClFN4O3S/c1-3-18-27-28-20(25)14(21(29)26-22(28)32-18)8-12-9-15(23)19(17(10-12)30-2)31-11-13-6-4-5-7-16(13)24/h4-10,25H,3,11H2,1-2H3. The summed E-state index contributed by atoms with van der Waals surface area (Å²) in [5.74, 6) is -0.421. The van der Waals surface area contributed by atoms with Crippen molar-refractivity contribution in [2.45, 2.75) is 20.0 Å². The van der Waals surface area contributed by atoms with E-state index in [4.69, 9.17) is 26.5 Å². The molecule has 0 bridgehead atoms. The molecule has 2 heterocycles. The van der Waals surface area contributed by atoms with Crippen molar-refractivity contribution in [2.24, 2.45) is 10.1 Å². The Bertz CT molecular complexity index is 1210. The molecule has 2 aliphatic heterocycles. The number of benzene rings is 2. The summed E-state index contributed by atoms with van der Waals surface area (Å²) in [5.41, 5.74) is 0.971. The van der Waals surface area contributed by atoms with Gasteiger partial charge in [0.15, 0.2) is 17.3 Å². The van der Waals surface area contributed by atoms with Crippen LogP contribution in [0.5, 0.6) is 11.5 Å². The van der Waals surface area contributed by atoms with Gasteiger partial charge >= 0.3 is 0 Å². The normalized spacial score (nSPS) is 16.8. The Morgan fingerprint density at radius 1 is 1.31 bits per heavy atom. The van der Waals surface area contributed by atoms with Gasteiger partial charge in [0, 0.05) is 5.56 Å². The second kappa shape index (κ2) is 9.13. The van der Waals surface area contributed by atoms with E-state index in [9.17, 15) is 9.18 Å². The summed E-state index contributed by atoms with van der Waals surface area (Å²) in [4.78, 5) is 16.6. The van der Waals surface area contributed by atoms with Gasteiger partial charge in [-0.1, -0.05) is 36.7 Å². The Balaban J connectivity index is 1.62. The fraction of sp³-hybridized carbons (Fsp3) is 0.182. The molecule has 2 aliphatic rings. The first-order valence-corrected chi connectivity index (χ1v) is 10.8. The molecule has 0 atom stereocenters. The number of methoxy groups -OCH3 is 1. The van der Waals surface area contributed by atoms with Crippen molar-refractivity contribution in [3.05, 3.63) is 63.9 Å². The molecule has 1 amide bonds. The number of amides is 1. The van der Waals surface area contributed by atoms with Crippen molar-refractivity contribution in [1.29, 1.82) is 5.41 Å². The van der Waals surface area contributed by atoms with Gasteiger partial charge in [0.2, 0.25) is 5.17 Å². The van der Waals surface area contributed by atoms with E-state index in [1.165, 1.54) is 36.0 Å². The van der Waals surface area contributed by atoms with Gasteiger partial charge in [-0.3, -0.25) is 10.2 Å². The van der Waals surface area contributed by atoms with E-state index in [-0.39, 0.29) is 34.6 Å². The molecule has 10 heteroatoms. The van der Waals surface area contributed by atoms with Gasteiger partial charge < -0.3 is 9.47 Å². The van der Waals surface area contributed by atoms with Gasteiger partial charge in [-0.05, 0) is 48.0 Å². The lowest BCUT2D eigenvalue weighted by molar-refractivity contribution is -0.114. The van der Waals surface area contributed by atoms with E-state index in [1.807, 2.05) is 6.92 Å². The van der Waals surface area contributed by atoms with Crippen LogP contribution in [-0.2, 0) is 11.4 Å². The highest BCUT2D eigenvalue weighted by Crippen LogP contribution is 2.38. The third kappa shape index (κ3) is 4.26. The lowest BCUT2D eigenvalue weighted by Gasteiger charge is -2.20. The molecule has 0 fully saturated rings. The number of fused-ring (bicyclic) bond motifs is 1. The lowest BCUT2D eigenvalue weighted by atomic mass is 10.1. The molecule has 4 rings (SSSR count).